The number of carbonyl (C=O) groups is 1. The lowest BCUT2D eigenvalue weighted by molar-refractivity contribution is -0.384. The molecule has 3 aromatic rings. The Labute approximate surface area is 145 Å². The molecule has 132 valence electrons. The van der Waals surface area contributed by atoms with Gasteiger partial charge < -0.3 is 5.32 Å². The second-order valence-electron chi connectivity index (χ2n) is 5.35. The van der Waals surface area contributed by atoms with Crippen LogP contribution in [0.1, 0.15) is 6.42 Å². The van der Waals surface area contributed by atoms with Gasteiger partial charge in [-0.25, -0.2) is 9.07 Å². The van der Waals surface area contributed by atoms with Crippen LogP contribution in [0, 0.1) is 15.9 Å². The molecule has 1 N–H and O–H groups in total. The predicted octanol–water partition coefficient (Wildman–Crippen LogP) is 1.87. The Morgan fingerprint density at radius 1 is 1.27 bits per heavy atom. The molecule has 2 aromatic carbocycles. The number of amides is 1. The quantitative estimate of drug-likeness (QED) is 0.550. The maximum Gasteiger partial charge on any atom is 0.277 e. The van der Waals surface area contributed by atoms with Gasteiger partial charge in [-0.1, -0.05) is 17.3 Å². The molecule has 0 radical (unpaired) electrons. The van der Waals surface area contributed by atoms with Gasteiger partial charge in [0.2, 0.25) is 5.91 Å². The first-order valence-electron chi connectivity index (χ1n) is 7.52. The molecule has 1 heterocycles. The Bertz CT molecular complexity index is 1070. The molecule has 0 unspecified atom stereocenters. The predicted molar refractivity (Wildman–Crippen MR) is 90.1 cm³/mol. The van der Waals surface area contributed by atoms with Crippen molar-refractivity contribution in [3.8, 4) is 0 Å². The van der Waals surface area contributed by atoms with Crippen LogP contribution >= 0.6 is 0 Å². The number of halogens is 1. The molecule has 0 aliphatic carbocycles. The van der Waals surface area contributed by atoms with E-state index in [1.165, 1.54) is 0 Å². The van der Waals surface area contributed by atoms with Gasteiger partial charge in [0.15, 0.2) is 0 Å². The molecule has 3 rings (SSSR count). The second kappa shape index (κ2) is 7.05. The van der Waals surface area contributed by atoms with Gasteiger partial charge >= 0.3 is 0 Å². The van der Waals surface area contributed by atoms with Gasteiger partial charge in [0.1, 0.15) is 11.3 Å². The van der Waals surface area contributed by atoms with Crippen LogP contribution in [0.25, 0.3) is 10.9 Å². The zero-order valence-corrected chi connectivity index (χ0v) is 13.3. The first-order valence-corrected chi connectivity index (χ1v) is 7.52. The third-order valence-electron chi connectivity index (χ3n) is 3.61. The van der Waals surface area contributed by atoms with Crippen LogP contribution in [-0.4, -0.2) is 25.8 Å². The number of nitrogens with one attached hydrogen (secondary N) is 1. The zero-order valence-electron chi connectivity index (χ0n) is 13.3. The van der Waals surface area contributed by atoms with Crippen molar-refractivity contribution in [2.75, 3.05) is 5.32 Å². The molecule has 26 heavy (non-hydrogen) atoms. The van der Waals surface area contributed by atoms with Crippen LogP contribution in [-0.2, 0) is 11.3 Å². The fourth-order valence-electron chi connectivity index (χ4n) is 2.31. The van der Waals surface area contributed by atoms with E-state index in [0.29, 0.717) is 10.9 Å². The highest BCUT2D eigenvalue weighted by Gasteiger charge is 2.14. The Morgan fingerprint density at radius 3 is 2.81 bits per heavy atom. The van der Waals surface area contributed by atoms with Crippen LogP contribution in [0.5, 0.6) is 0 Å². The number of nitrogens with zero attached hydrogens (tertiary/aromatic N) is 4. The summed E-state index contributed by atoms with van der Waals surface area (Å²) in [4.78, 5) is 34.3. The number of rotatable bonds is 5. The number of non-ortho nitro benzene ring substituents is 1. The van der Waals surface area contributed by atoms with E-state index in [9.17, 15) is 24.1 Å². The highest BCUT2D eigenvalue weighted by molar-refractivity contribution is 5.91. The van der Waals surface area contributed by atoms with Crippen molar-refractivity contribution in [3.05, 3.63) is 68.7 Å². The fourth-order valence-corrected chi connectivity index (χ4v) is 2.31. The number of hydrogen-bond acceptors (Lipinski definition) is 6. The number of aromatic nitrogens is 3. The van der Waals surface area contributed by atoms with E-state index < -0.39 is 22.2 Å². The average Bonchev–Trinajstić information content (AvgIpc) is 2.63. The van der Waals surface area contributed by atoms with Crippen molar-refractivity contribution < 1.29 is 14.1 Å². The van der Waals surface area contributed by atoms with E-state index in [1.54, 1.807) is 24.3 Å². The lowest BCUT2D eigenvalue weighted by Crippen LogP contribution is -2.26. The van der Waals surface area contributed by atoms with E-state index in [2.05, 4.69) is 15.6 Å². The summed E-state index contributed by atoms with van der Waals surface area (Å²) in [5.74, 6) is -1.42. The molecular formula is C16H12FN5O4. The Hall–Kier alpha value is -3.69. The van der Waals surface area contributed by atoms with Crippen LogP contribution in [0.2, 0.25) is 0 Å². The molecular weight excluding hydrogens is 345 g/mol. The standard InChI is InChI=1S/C16H12FN5O4/c17-12-6-5-10(22(25)26)9-14(12)18-15(23)7-8-21-16(24)11-3-1-2-4-13(11)19-20-21/h1-6,9H,7-8H2,(H,18,23). The second-order valence-corrected chi connectivity index (χ2v) is 5.35. The third kappa shape index (κ3) is 3.53. The number of fused-ring (bicyclic) bond motifs is 1. The topological polar surface area (TPSA) is 120 Å². The molecule has 0 aliphatic rings. The van der Waals surface area contributed by atoms with Crippen molar-refractivity contribution in [2.24, 2.45) is 0 Å². The molecule has 0 atom stereocenters. The molecule has 0 saturated carbocycles. The maximum atomic E-state index is 13.7. The lowest BCUT2D eigenvalue weighted by atomic mass is 10.2. The van der Waals surface area contributed by atoms with Crippen LogP contribution in [0.15, 0.2) is 47.3 Å². The molecule has 0 fully saturated rings. The van der Waals surface area contributed by atoms with Crippen LogP contribution < -0.4 is 10.9 Å². The Balaban J connectivity index is 1.72. The number of aryl methyl sites for hydroxylation is 1. The van der Waals surface area contributed by atoms with E-state index in [0.717, 1.165) is 22.9 Å². The number of nitro benzene ring substituents is 1. The van der Waals surface area contributed by atoms with Gasteiger partial charge in [-0.2, -0.15) is 0 Å². The van der Waals surface area contributed by atoms with E-state index in [1.807, 2.05) is 0 Å². The molecule has 0 bridgehead atoms. The normalized spacial score (nSPS) is 10.7. The Kier molecular flexibility index (Phi) is 4.65. The SMILES string of the molecule is O=C(CCn1nnc2ccccc2c1=O)Nc1cc([N+](=O)[O-])ccc1F. The Morgan fingerprint density at radius 2 is 2.04 bits per heavy atom. The van der Waals surface area contributed by atoms with Crippen molar-refractivity contribution >= 4 is 28.2 Å². The molecule has 0 saturated heterocycles. The molecule has 0 spiro atoms. The number of carbonyl (C=O) groups excluding carboxylic acids is 1. The number of benzene rings is 2. The summed E-state index contributed by atoms with van der Waals surface area (Å²) in [5, 5.41) is 21.0. The third-order valence-corrected chi connectivity index (χ3v) is 3.61. The van der Waals surface area contributed by atoms with Crippen molar-refractivity contribution in [1.29, 1.82) is 0 Å². The summed E-state index contributed by atoms with van der Waals surface area (Å²) in [6, 6.07) is 9.47. The van der Waals surface area contributed by atoms with Crippen molar-refractivity contribution in [2.45, 2.75) is 13.0 Å². The van der Waals surface area contributed by atoms with E-state index in [4.69, 9.17) is 0 Å². The van der Waals surface area contributed by atoms with E-state index >= 15 is 0 Å². The van der Waals surface area contributed by atoms with Gasteiger partial charge in [-0.05, 0) is 18.2 Å². The molecule has 1 aromatic heterocycles. The smallest absolute Gasteiger partial charge is 0.277 e. The first kappa shape index (κ1) is 17.1. The van der Waals surface area contributed by atoms with E-state index in [-0.39, 0.29) is 24.3 Å². The average molecular weight is 357 g/mol. The van der Waals surface area contributed by atoms with Gasteiger partial charge in [-0.15, -0.1) is 5.10 Å². The van der Waals surface area contributed by atoms with Gasteiger partial charge in [0.25, 0.3) is 11.2 Å². The molecule has 0 aliphatic heterocycles. The summed E-state index contributed by atoms with van der Waals surface area (Å²) >= 11 is 0. The molecule has 9 nitrogen and oxygen atoms in total. The summed E-state index contributed by atoms with van der Waals surface area (Å²) < 4.78 is 14.7. The largest absolute Gasteiger partial charge is 0.323 e. The molecule has 10 heteroatoms. The van der Waals surface area contributed by atoms with Crippen molar-refractivity contribution in [3.63, 3.8) is 0 Å². The minimum absolute atomic E-state index is 0.0704. The van der Waals surface area contributed by atoms with Gasteiger partial charge in [-0.3, -0.25) is 19.7 Å². The summed E-state index contributed by atoms with van der Waals surface area (Å²) in [6.07, 6.45) is -0.185. The van der Waals surface area contributed by atoms with Gasteiger partial charge in [0, 0.05) is 18.6 Å². The highest BCUT2D eigenvalue weighted by Crippen LogP contribution is 2.21. The fraction of sp³-hybridized carbons (Fsp3) is 0.125. The molecule has 1 amide bonds. The monoisotopic (exact) mass is 357 g/mol. The summed E-state index contributed by atoms with van der Waals surface area (Å²) in [7, 11) is 0. The van der Waals surface area contributed by atoms with Gasteiger partial charge in [0.05, 0.1) is 22.5 Å². The first-order chi connectivity index (χ1) is 12.5. The number of anilines is 1. The maximum absolute atomic E-state index is 13.7. The lowest BCUT2D eigenvalue weighted by Gasteiger charge is -2.07. The summed E-state index contributed by atoms with van der Waals surface area (Å²) in [6.45, 7) is -0.0704. The highest BCUT2D eigenvalue weighted by atomic mass is 19.1. The van der Waals surface area contributed by atoms with Crippen molar-refractivity contribution in [1.82, 2.24) is 15.0 Å². The number of nitro groups is 1. The zero-order chi connectivity index (χ0) is 18.7. The van der Waals surface area contributed by atoms with Crippen LogP contribution in [0.3, 0.4) is 0 Å². The minimum Gasteiger partial charge on any atom is -0.323 e. The number of hydrogen-bond donors (Lipinski definition) is 1. The van der Waals surface area contributed by atoms with Crippen LogP contribution in [0.4, 0.5) is 15.8 Å². The summed E-state index contributed by atoms with van der Waals surface area (Å²) in [5.41, 5.74) is -0.610. The minimum atomic E-state index is -0.799.